The summed E-state index contributed by atoms with van der Waals surface area (Å²) in [5, 5.41) is 0. The van der Waals surface area contributed by atoms with Crippen LogP contribution in [0.25, 0.3) is 0 Å². The normalized spacial score (nSPS) is 12.4. The Morgan fingerprint density at radius 1 is 1.04 bits per heavy atom. The molecule has 0 fully saturated rings. The zero-order chi connectivity index (χ0) is 19.2. The van der Waals surface area contributed by atoms with E-state index in [1.165, 1.54) is 13.0 Å². The van der Waals surface area contributed by atoms with E-state index in [2.05, 4.69) is 0 Å². The van der Waals surface area contributed by atoms with Crippen LogP contribution >= 0.6 is 0 Å². The fourth-order valence-electron chi connectivity index (χ4n) is 3.22. The van der Waals surface area contributed by atoms with Crippen LogP contribution in [0.5, 0.6) is 0 Å². The minimum Gasteiger partial charge on any atom is -0.398 e. The molecule has 0 bridgehead atoms. The van der Waals surface area contributed by atoms with E-state index in [-0.39, 0.29) is 51.3 Å². The summed E-state index contributed by atoms with van der Waals surface area (Å²) in [6, 6.07) is 6.37. The molecular formula is C19H17N3O4. The number of anilines is 2. The number of nitrogens with two attached hydrogens (primary N) is 2. The standard InChI is InChI=1S/C19H17N3O4/c1-3-22(8-23)19(26)12-9(2)15(20)13-14(16(12)21)18(25)11-7-5-4-6-10(11)17(13)24/h4-8H,3,20-21H2,1-2H3. The molecule has 0 saturated heterocycles. The van der Waals surface area contributed by atoms with E-state index in [0.29, 0.717) is 6.41 Å². The molecule has 0 heterocycles. The average molecular weight is 351 g/mol. The van der Waals surface area contributed by atoms with Gasteiger partial charge in [0.2, 0.25) is 6.41 Å². The lowest BCUT2D eigenvalue weighted by atomic mass is 9.79. The van der Waals surface area contributed by atoms with Gasteiger partial charge in [-0.3, -0.25) is 24.1 Å². The second-order valence-electron chi connectivity index (χ2n) is 5.98. The predicted molar refractivity (Wildman–Crippen MR) is 96.1 cm³/mol. The summed E-state index contributed by atoms with van der Waals surface area (Å²) in [7, 11) is 0. The highest BCUT2D eigenvalue weighted by Crippen LogP contribution is 2.39. The van der Waals surface area contributed by atoms with Crippen molar-refractivity contribution in [2.75, 3.05) is 18.0 Å². The van der Waals surface area contributed by atoms with E-state index in [4.69, 9.17) is 11.5 Å². The van der Waals surface area contributed by atoms with Crippen LogP contribution in [-0.4, -0.2) is 35.3 Å². The van der Waals surface area contributed by atoms with Crippen LogP contribution in [0.1, 0.15) is 54.7 Å². The number of nitrogens with zero attached hydrogens (tertiary/aromatic N) is 1. The molecule has 0 saturated carbocycles. The first kappa shape index (κ1) is 17.3. The van der Waals surface area contributed by atoms with Gasteiger partial charge in [-0.1, -0.05) is 24.3 Å². The summed E-state index contributed by atoms with van der Waals surface area (Å²) < 4.78 is 0. The van der Waals surface area contributed by atoms with Crippen molar-refractivity contribution in [2.24, 2.45) is 0 Å². The van der Waals surface area contributed by atoms with Crippen molar-refractivity contribution < 1.29 is 19.2 Å². The van der Waals surface area contributed by atoms with Gasteiger partial charge in [-0.2, -0.15) is 0 Å². The second-order valence-corrected chi connectivity index (χ2v) is 5.98. The van der Waals surface area contributed by atoms with Crippen molar-refractivity contribution in [3.8, 4) is 0 Å². The molecule has 1 aliphatic carbocycles. The molecule has 1 aliphatic rings. The minimum atomic E-state index is -0.661. The van der Waals surface area contributed by atoms with Crippen LogP contribution in [0.4, 0.5) is 11.4 Å². The number of ketones is 2. The maximum Gasteiger partial charge on any atom is 0.262 e. The Morgan fingerprint density at radius 2 is 1.54 bits per heavy atom. The largest absolute Gasteiger partial charge is 0.398 e. The molecule has 26 heavy (non-hydrogen) atoms. The lowest BCUT2D eigenvalue weighted by molar-refractivity contribution is -0.115. The topological polar surface area (TPSA) is 124 Å². The summed E-state index contributed by atoms with van der Waals surface area (Å²) >= 11 is 0. The summed E-state index contributed by atoms with van der Waals surface area (Å²) in [5.74, 6) is -1.54. The highest BCUT2D eigenvalue weighted by molar-refractivity contribution is 6.33. The molecule has 0 aromatic heterocycles. The maximum atomic E-state index is 12.9. The monoisotopic (exact) mass is 351 g/mol. The molecule has 7 heteroatoms. The number of carbonyl (C=O) groups excluding carboxylic acids is 4. The third kappa shape index (κ3) is 2.21. The number of hydrogen-bond donors (Lipinski definition) is 2. The number of nitrogen functional groups attached to an aromatic ring is 2. The number of fused-ring (bicyclic) bond motifs is 2. The van der Waals surface area contributed by atoms with E-state index in [1.807, 2.05) is 0 Å². The van der Waals surface area contributed by atoms with Crippen molar-refractivity contribution in [3.05, 3.63) is 57.6 Å². The Morgan fingerprint density at radius 3 is 2.00 bits per heavy atom. The van der Waals surface area contributed by atoms with Crippen molar-refractivity contribution in [1.29, 1.82) is 0 Å². The number of imide groups is 1. The molecule has 0 unspecified atom stereocenters. The lowest BCUT2D eigenvalue weighted by Crippen LogP contribution is -2.33. The number of rotatable bonds is 3. The zero-order valence-electron chi connectivity index (χ0n) is 14.3. The molecule has 0 atom stereocenters. The first-order chi connectivity index (χ1) is 12.3. The van der Waals surface area contributed by atoms with Crippen molar-refractivity contribution >= 4 is 35.3 Å². The Labute approximate surface area is 149 Å². The van der Waals surface area contributed by atoms with Gasteiger partial charge in [-0.25, -0.2) is 0 Å². The van der Waals surface area contributed by atoms with Crippen LogP contribution in [-0.2, 0) is 4.79 Å². The molecule has 0 aliphatic heterocycles. The number of benzene rings is 2. The highest BCUT2D eigenvalue weighted by Gasteiger charge is 2.36. The number of amides is 2. The molecule has 0 radical (unpaired) electrons. The molecule has 0 spiro atoms. The van der Waals surface area contributed by atoms with Gasteiger partial charge in [-0.15, -0.1) is 0 Å². The van der Waals surface area contributed by atoms with Crippen molar-refractivity contribution in [3.63, 3.8) is 0 Å². The first-order valence-corrected chi connectivity index (χ1v) is 8.01. The van der Waals surface area contributed by atoms with Crippen LogP contribution in [0.2, 0.25) is 0 Å². The van der Waals surface area contributed by atoms with Gasteiger partial charge in [-0.05, 0) is 19.4 Å². The smallest absolute Gasteiger partial charge is 0.262 e. The average Bonchev–Trinajstić information content (AvgIpc) is 2.64. The van der Waals surface area contributed by atoms with Crippen molar-refractivity contribution in [1.82, 2.24) is 4.90 Å². The molecular weight excluding hydrogens is 334 g/mol. The summed E-state index contributed by atoms with van der Waals surface area (Å²) in [6.07, 6.45) is 0.388. The quantitative estimate of drug-likeness (QED) is 0.545. The van der Waals surface area contributed by atoms with E-state index in [9.17, 15) is 19.2 Å². The fourth-order valence-corrected chi connectivity index (χ4v) is 3.22. The van der Waals surface area contributed by atoms with Gasteiger partial charge in [0.25, 0.3) is 5.91 Å². The van der Waals surface area contributed by atoms with E-state index in [1.54, 1.807) is 25.1 Å². The Balaban J connectivity index is 2.34. The first-order valence-electron chi connectivity index (χ1n) is 8.01. The van der Waals surface area contributed by atoms with Crippen LogP contribution in [0.15, 0.2) is 24.3 Å². The Hall–Kier alpha value is -3.48. The van der Waals surface area contributed by atoms with E-state index < -0.39 is 17.5 Å². The van der Waals surface area contributed by atoms with Crippen LogP contribution in [0, 0.1) is 6.92 Å². The zero-order valence-corrected chi connectivity index (χ0v) is 14.3. The summed E-state index contributed by atoms with van der Waals surface area (Å²) in [4.78, 5) is 50.6. The van der Waals surface area contributed by atoms with E-state index in [0.717, 1.165) is 4.90 Å². The molecule has 3 rings (SSSR count). The maximum absolute atomic E-state index is 12.9. The van der Waals surface area contributed by atoms with Gasteiger partial charge >= 0.3 is 0 Å². The Kier molecular flexibility index (Phi) is 4.07. The fraction of sp³-hybridized carbons (Fsp3) is 0.158. The third-order valence-electron chi connectivity index (χ3n) is 4.65. The van der Waals surface area contributed by atoms with Gasteiger partial charge in [0.1, 0.15) is 0 Å². The Bertz CT molecular complexity index is 995. The predicted octanol–water partition coefficient (Wildman–Crippen LogP) is 1.55. The number of carbonyl (C=O) groups is 4. The SMILES string of the molecule is CCN(C=O)C(=O)c1c(C)c(N)c2c(c1N)C(=O)c1ccccc1C2=O. The van der Waals surface area contributed by atoms with Gasteiger partial charge in [0, 0.05) is 23.4 Å². The molecule has 2 aromatic carbocycles. The molecule has 2 aromatic rings. The summed E-state index contributed by atoms with van der Waals surface area (Å²) in [5.41, 5.74) is 12.8. The summed E-state index contributed by atoms with van der Waals surface area (Å²) in [6.45, 7) is 3.30. The van der Waals surface area contributed by atoms with Crippen LogP contribution in [0.3, 0.4) is 0 Å². The van der Waals surface area contributed by atoms with Crippen LogP contribution < -0.4 is 11.5 Å². The second kappa shape index (κ2) is 6.11. The molecule has 132 valence electrons. The highest BCUT2D eigenvalue weighted by atomic mass is 16.2. The molecule has 4 N–H and O–H groups in total. The molecule has 2 amide bonds. The van der Waals surface area contributed by atoms with Crippen molar-refractivity contribution in [2.45, 2.75) is 13.8 Å². The minimum absolute atomic E-state index is 0.00871. The van der Waals surface area contributed by atoms with Gasteiger partial charge in [0.15, 0.2) is 11.6 Å². The number of hydrogen-bond acceptors (Lipinski definition) is 6. The third-order valence-corrected chi connectivity index (χ3v) is 4.65. The van der Waals surface area contributed by atoms with Gasteiger partial charge < -0.3 is 11.5 Å². The molecule has 7 nitrogen and oxygen atoms in total. The van der Waals surface area contributed by atoms with E-state index >= 15 is 0 Å². The van der Waals surface area contributed by atoms with Gasteiger partial charge in [0.05, 0.1) is 22.4 Å². The lowest BCUT2D eigenvalue weighted by Gasteiger charge is -2.25.